The summed E-state index contributed by atoms with van der Waals surface area (Å²) < 4.78 is 81.4. The molecule has 28 atom stereocenters. The van der Waals surface area contributed by atoms with E-state index in [2.05, 4.69) is 13.8 Å². The van der Waals surface area contributed by atoms with Crippen LogP contribution in [0, 0.1) is 0 Å². The van der Waals surface area contributed by atoms with E-state index in [9.17, 15) is 106 Å². The zero-order valence-electron chi connectivity index (χ0n) is 58.0. The van der Waals surface area contributed by atoms with Gasteiger partial charge >= 0.3 is 19.8 Å². The number of hydrogen-bond donors (Lipinski definition) is 18. The third kappa shape index (κ3) is 28.3. The number of unbranched alkanes of at least 4 members (excludes halogenated alkanes) is 25. The number of phosphoric acid groups is 1. The van der Waals surface area contributed by atoms with Gasteiger partial charge in [0.1, 0.15) is 141 Å². The van der Waals surface area contributed by atoms with Gasteiger partial charge in [0.25, 0.3) is 0 Å². The number of hydrogen-bond acceptors (Lipinski definition) is 32. The molecule has 12 unspecified atom stereocenters. The third-order valence-corrected chi connectivity index (χ3v) is 20.1. The Balaban J connectivity index is 1.29. The summed E-state index contributed by atoms with van der Waals surface area (Å²) in [6.45, 7) is -0.910. The third-order valence-electron chi connectivity index (χ3n) is 19.1. The van der Waals surface area contributed by atoms with Gasteiger partial charge in [-0.1, -0.05) is 174 Å². The van der Waals surface area contributed by atoms with Crippen molar-refractivity contribution in [3.8, 4) is 0 Å². The molecule has 1 saturated carbocycles. The highest BCUT2D eigenvalue weighted by Crippen LogP contribution is 2.49. The van der Waals surface area contributed by atoms with Gasteiger partial charge in [-0.15, -0.1) is 0 Å². The molecule has 18 N–H and O–H groups in total. The largest absolute Gasteiger partial charge is 0.472 e. The van der Waals surface area contributed by atoms with Crippen molar-refractivity contribution in [1.82, 2.24) is 0 Å². The fourth-order valence-electron chi connectivity index (χ4n) is 12.8. The van der Waals surface area contributed by atoms with E-state index < -0.39 is 225 Å². The van der Waals surface area contributed by atoms with Gasteiger partial charge in [0.15, 0.2) is 31.3 Å². The van der Waals surface area contributed by atoms with Crippen molar-refractivity contribution in [1.29, 1.82) is 0 Å². The van der Waals surface area contributed by atoms with Crippen LogP contribution in [0.3, 0.4) is 0 Å². The summed E-state index contributed by atoms with van der Waals surface area (Å²) in [5.41, 5.74) is 0. The van der Waals surface area contributed by atoms with E-state index in [-0.39, 0.29) is 12.8 Å². The molecule has 0 spiro atoms. The lowest BCUT2D eigenvalue weighted by Crippen LogP contribution is -2.69. The van der Waals surface area contributed by atoms with Gasteiger partial charge in [-0.25, -0.2) is 4.57 Å². The zero-order chi connectivity index (χ0) is 73.5. The van der Waals surface area contributed by atoms with Crippen molar-refractivity contribution < 1.29 is 162 Å². The monoisotopic (exact) mass is 1470 g/mol. The Labute approximate surface area is 585 Å². The number of aliphatic hydroxyl groups excluding tert-OH is 17. The normalized spacial score (nSPS) is 36.6. The molecule has 34 heteroatoms. The van der Waals surface area contributed by atoms with Crippen molar-refractivity contribution in [3.63, 3.8) is 0 Å². The molecule has 0 radical (unpaired) electrons. The van der Waals surface area contributed by atoms with E-state index in [1.807, 2.05) is 0 Å². The SMILES string of the molecule is CCCCCCCCCCCCCCCCCCC(=O)OC[C@H](COP(=O)(O)O[C@@H]1C(O[C@@H]2OC(CO[C@@H]3OC(CO[C@@H]4OC(CO)[C@H](O)C(O)[C@@H]4O)[C@H](O)C(O)[C@@H]3O)[C@H](O)C(O)[C@@H]2O)C(O)[C@@H](O)C(O)[C@H]1O[C@H]1OC(CO)[C@@H](O)C(O)[C@H]1O)OC(=O)CCCCCCCCCCCCC. The molecule has 588 valence electrons. The van der Waals surface area contributed by atoms with Crippen molar-refractivity contribution >= 4 is 19.8 Å². The van der Waals surface area contributed by atoms with Crippen LogP contribution in [0.1, 0.15) is 200 Å². The Bertz CT molecular complexity index is 2250. The quantitative estimate of drug-likeness (QED) is 0.0206. The van der Waals surface area contributed by atoms with Gasteiger partial charge in [-0.2, -0.15) is 0 Å². The van der Waals surface area contributed by atoms with Crippen LogP contribution in [0.4, 0.5) is 0 Å². The van der Waals surface area contributed by atoms with E-state index in [0.29, 0.717) is 19.3 Å². The number of esters is 2. The molecular formula is C66H121O33P. The molecule has 5 rings (SSSR count). The summed E-state index contributed by atoms with van der Waals surface area (Å²) in [6.07, 6.45) is -27.0. The van der Waals surface area contributed by atoms with Crippen LogP contribution in [0.15, 0.2) is 0 Å². The fraction of sp³-hybridized carbons (Fsp3) is 0.970. The van der Waals surface area contributed by atoms with Gasteiger partial charge in [-0.05, 0) is 12.8 Å². The van der Waals surface area contributed by atoms with Crippen LogP contribution >= 0.6 is 7.82 Å². The first-order valence-corrected chi connectivity index (χ1v) is 37.9. The van der Waals surface area contributed by atoms with Gasteiger partial charge in [0.2, 0.25) is 0 Å². The lowest BCUT2D eigenvalue weighted by Gasteiger charge is -2.49. The first-order chi connectivity index (χ1) is 47.8. The van der Waals surface area contributed by atoms with Crippen molar-refractivity contribution in [2.24, 2.45) is 0 Å². The lowest BCUT2D eigenvalue weighted by atomic mass is 9.84. The van der Waals surface area contributed by atoms with Gasteiger partial charge < -0.3 is 139 Å². The first-order valence-electron chi connectivity index (χ1n) is 36.4. The fourth-order valence-corrected chi connectivity index (χ4v) is 13.7. The number of ether oxygens (including phenoxy) is 10. The topological polar surface area (TPSA) is 526 Å². The standard InChI is InChI=1S/C66H121O33P/c1-3-5-7-9-11-13-15-16-17-18-19-21-22-24-26-28-30-43(69)88-34-38(92-44(70)31-29-27-25-23-20-14-12-10-8-6-4-2)35-91-100(86,87)99-62-60(97-65-58(84)50(76)46(72)40(33-68)94-65)54(80)53(79)55(81)61(62)98-66-59(85)52(78)48(74)42(96-66)37-90-64-57(83)51(77)47(73)41(95-64)36-89-63-56(82)49(75)45(71)39(32-67)93-63/h38-42,45-68,71-85H,3-37H2,1-2H3,(H,86,87)/t38-,39?,40?,41?,42?,45+,46-,47+,48+,49?,50?,51?,52?,53+,54?,55?,56+,57+,58-,59+,60-,61?,62+,63-,64-,65-,66+/m1/s1. The Hall–Kier alpha value is -1.95. The summed E-state index contributed by atoms with van der Waals surface area (Å²) in [5, 5.41) is 183. The Morgan fingerprint density at radius 1 is 0.360 bits per heavy atom. The molecule has 0 amide bonds. The maximum atomic E-state index is 14.4. The molecule has 4 saturated heterocycles. The molecule has 4 aliphatic heterocycles. The molecule has 0 bridgehead atoms. The summed E-state index contributed by atoms with van der Waals surface area (Å²) in [6, 6.07) is 0. The molecule has 33 nitrogen and oxygen atoms in total. The summed E-state index contributed by atoms with van der Waals surface area (Å²) in [7, 11) is -5.81. The Morgan fingerprint density at radius 3 is 1.03 bits per heavy atom. The molecule has 4 heterocycles. The van der Waals surface area contributed by atoms with Gasteiger partial charge in [0.05, 0.1) is 33.0 Å². The Morgan fingerprint density at radius 2 is 0.660 bits per heavy atom. The predicted molar refractivity (Wildman–Crippen MR) is 347 cm³/mol. The summed E-state index contributed by atoms with van der Waals surface area (Å²) >= 11 is 0. The van der Waals surface area contributed by atoms with Crippen LogP contribution in [-0.2, 0) is 70.6 Å². The van der Waals surface area contributed by atoms with Gasteiger partial charge in [-0.3, -0.25) is 18.6 Å². The summed E-state index contributed by atoms with van der Waals surface area (Å²) in [4.78, 5) is 38.1. The van der Waals surface area contributed by atoms with Crippen molar-refractivity contribution in [3.05, 3.63) is 0 Å². The highest BCUT2D eigenvalue weighted by molar-refractivity contribution is 7.47. The van der Waals surface area contributed by atoms with Crippen LogP contribution in [-0.4, -0.2) is 309 Å². The molecule has 0 aromatic rings. The molecule has 100 heavy (non-hydrogen) atoms. The highest BCUT2D eigenvalue weighted by Gasteiger charge is 2.59. The smallest absolute Gasteiger partial charge is 0.462 e. The maximum Gasteiger partial charge on any atom is 0.472 e. The van der Waals surface area contributed by atoms with Crippen LogP contribution in [0.2, 0.25) is 0 Å². The Kier molecular flexibility index (Phi) is 41.7. The van der Waals surface area contributed by atoms with Crippen LogP contribution < -0.4 is 0 Å². The molecule has 5 fully saturated rings. The van der Waals surface area contributed by atoms with Crippen molar-refractivity contribution in [2.45, 2.75) is 366 Å². The molecular weight excluding hydrogens is 1350 g/mol. The average molecular weight is 1470 g/mol. The van der Waals surface area contributed by atoms with Crippen LogP contribution in [0.5, 0.6) is 0 Å². The second kappa shape index (κ2) is 47.0. The van der Waals surface area contributed by atoms with E-state index in [1.54, 1.807) is 0 Å². The van der Waals surface area contributed by atoms with Crippen LogP contribution in [0.25, 0.3) is 0 Å². The second-order valence-electron chi connectivity index (χ2n) is 27.2. The molecule has 1 aliphatic carbocycles. The molecule has 0 aromatic heterocycles. The number of phosphoric ester groups is 1. The average Bonchev–Trinajstić information content (AvgIpc) is 0.760. The predicted octanol–water partition coefficient (Wildman–Crippen LogP) is -0.589. The minimum atomic E-state index is -5.81. The number of carbonyl (C=O) groups is 2. The highest BCUT2D eigenvalue weighted by atomic mass is 31.2. The minimum absolute atomic E-state index is 0.00181. The number of carbonyl (C=O) groups excluding carboxylic acids is 2. The molecule has 5 aliphatic rings. The minimum Gasteiger partial charge on any atom is -0.462 e. The van der Waals surface area contributed by atoms with E-state index >= 15 is 0 Å². The second-order valence-corrected chi connectivity index (χ2v) is 28.6. The van der Waals surface area contributed by atoms with Gasteiger partial charge in [0, 0.05) is 12.8 Å². The maximum absolute atomic E-state index is 14.4. The lowest BCUT2D eigenvalue weighted by molar-refractivity contribution is -0.365. The van der Waals surface area contributed by atoms with Crippen molar-refractivity contribution in [2.75, 3.05) is 39.6 Å². The number of aliphatic hydroxyl groups is 17. The van der Waals surface area contributed by atoms with E-state index in [1.165, 1.54) is 83.5 Å². The number of rotatable bonds is 49. The van der Waals surface area contributed by atoms with E-state index in [0.717, 1.165) is 70.6 Å². The summed E-state index contributed by atoms with van der Waals surface area (Å²) in [5.74, 6) is -1.44. The molecule has 0 aromatic carbocycles. The van der Waals surface area contributed by atoms with E-state index in [4.69, 9.17) is 56.4 Å². The first kappa shape index (κ1) is 88.7. The zero-order valence-corrected chi connectivity index (χ0v) is 58.9.